The maximum atomic E-state index is 11.5. The van der Waals surface area contributed by atoms with Gasteiger partial charge in [0.15, 0.2) is 5.76 Å². The highest BCUT2D eigenvalue weighted by Gasteiger charge is 2.16. The zero-order chi connectivity index (χ0) is 14.7. The van der Waals surface area contributed by atoms with Crippen molar-refractivity contribution in [2.45, 2.75) is 26.9 Å². The Morgan fingerprint density at radius 3 is 2.85 bits per heavy atom. The van der Waals surface area contributed by atoms with Crippen LogP contribution >= 0.6 is 11.3 Å². The molecule has 0 bridgehead atoms. The molecule has 0 aliphatic carbocycles. The Bertz CT molecular complexity index is 605. The summed E-state index contributed by atoms with van der Waals surface area (Å²) in [5.74, 6) is 5.72. The Labute approximate surface area is 121 Å². The van der Waals surface area contributed by atoms with E-state index in [1.165, 1.54) is 4.88 Å². The molecule has 1 amide bonds. The van der Waals surface area contributed by atoms with Crippen molar-refractivity contribution in [3.05, 3.63) is 39.2 Å². The Balaban J connectivity index is 2.03. The molecule has 0 radical (unpaired) electrons. The van der Waals surface area contributed by atoms with Crippen LogP contribution in [0.15, 0.2) is 16.0 Å². The van der Waals surface area contributed by atoms with E-state index in [1.54, 1.807) is 11.3 Å². The second-order valence-electron chi connectivity index (χ2n) is 4.73. The summed E-state index contributed by atoms with van der Waals surface area (Å²) in [6, 6.07) is 1.86. The van der Waals surface area contributed by atoms with Gasteiger partial charge in [-0.3, -0.25) is 15.1 Å². The minimum Gasteiger partial charge on any atom is -0.454 e. The van der Waals surface area contributed by atoms with Crippen LogP contribution in [0.3, 0.4) is 0 Å². The normalized spacial score (nSPS) is 11.1. The van der Waals surface area contributed by atoms with Crippen LogP contribution in [0.5, 0.6) is 0 Å². The Hall–Kier alpha value is -1.70. The number of thiazole rings is 1. The van der Waals surface area contributed by atoms with Crippen molar-refractivity contribution < 1.29 is 9.21 Å². The molecule has 20 heavy (non-hydrogen) atoms. The van der Waals surface area contributed by atoms with E-state index in [4.69, 9.17) is 10.3 Å². The van der Waals surface area contributed by atoms with Gasteiger partial charge in [0, 0.05) is 17.0 Å². The highest BCUT2D eigenvalue weighted by atomic mass is 32.1. The molecule has 0 aromatic carbocycles. The van der Waals surface area contributed by atoms with Crippen molar-refractivity contribution in [1.82, 2.24) is 15.3 Å². The van der Waals surface area contributed by atoms with Crippen LogP contribution in [-0.4, -0.2) is 22.8 Å². The number of amides is 1. The quantitative estimate of drug-likeness (QED) is 0.497. The van der Waals surface area contributed by atoms with Gasteiger partial charge in [0.1, 0.15) is 5.76 Å². The van der Waals surface area contributed by atoms with Crippen molar-refractivity contribution in [1.29, 1.82) is 0 Å². The zero-order valence-corrected chi connectivity index (χ0v) is 12.6. The van der Waals surface area contributed by atoms with Gasteiger partial charge in [-0.25, -0.2) is 10.8 Å². The van der Waals surface area contributed by atoms with Crippen molar-refractivity contribution in [2.24, 2.45) is 5.84 Å². The highest BCUT2D eigenvalue weighted by Crippen LogP contribution is 2.19. The standard InChI is InChI=1S/C13H18N4O2S/c1-8-4-10(19-12(8)13(18)16-14)5-17(3)6-11-9(2)15-7-20-11/h4,7H,5-6,14H2,1-3H3,(H,16,18). The topological polar surface area (TPSA) is 84.4 Å². The predicted octanol–water partition coefficient (Wildman–Crippen LogP) is 1.59. The molecular formula is C13H18N4O2S. The van der Waals surface area contributed by atoms with E-state index < -0.39 is 5.91 Å². The van der Waals surface area contributed by atoms with Crippen LogP contribution in [0.4, 0.5) is 0 Å². The van der Waals surface area contributed by atoms with E-state index in [1.807, 2.05) is 32.5 Å². The number of nitrogens with one attached hydrogen (secondary N) is 1. The number of hydrogen-bond acceptors (Lipinski definition) is 6. The molecule has 2 rings (SSSR count). The summed E-state index contributed by atoms with van der Waals surface area (Å²) in [7, 11) is 2.00. The molecule has 7 heteroatoms. The van der Waals surface area contributed by atoms with Crippen molar-refractivity contribution in [3.63, 3.8) is 0 Å². The molecule has 0 aliphatic rings. The third-order valence-corrected chi connectivity index (χ3v) is 3.91. The highest BCUT2D eigenvalue weighted by molar-refractivity contribution is 7.09. The molecule has 0 saturated heterocycles. The van der Waals surface area contributed by atoms with E-state index in [2.05, 4.69) is 15.3 Å². The first-order valence-electron chi connectivity index (χ1n) is 6.19. The zero-order valence-electron chi connectivity index (χ0n) is 11.8. The lowest BCUT2D eigenvalue weighted by Crippen LogP contribution is -2.30. The summed E-state index contributed by atoms with van der Waals surface area (Å²) in [6.45, 7) is 5.25. The Morgan fingerprint density at radius 2 is 2.25 bits per heavy atom. The second kappa shape index (κ2) is 6.17. The number of furan rings is 1. The number of nitrogens with zero attached hydrogens (tertiary/aromatic N) is 2. The molecule has 2 heterocycles. The summed E-state index contributed by atoms with van der Waals surface area (Å²) < 4.78 is 5.54. The van der Waals surface area contributed by atoms with E-state index in [9.17, 15) is 4.79 Å². The van der Waals surface area contributed by atoms with Gasteiger partial charge < -0.3 is 4.42 Å². The maximum absolute atomic E-state index is 11.5. The van der Waals surface area contributed by atoms with Gasteiger partial charge in [0.05, 0.1) is 17.7 Å². The Morgan fingerprint density at radius 1 is 1.50 bits per heavy atom. The number of rotatable bonds is 5. The van der Waals surface area contributed by atoms with Gasteiger partial charge in [0.25, 0.3) is 0 Å². The first-order valence-corrected chi connectivity index (χ1v) is 7.07. The third kappa shape index (κ3) is 3.24. The van der Waals surface area contributed by atoms with Crippen molar-refractivity contribution in [2.75, 3.05) is 7.05 Å². The number of nitrogens with two attached hydrogens (primary N) is 1. The fourth-order valence-electron chi connectivity index (χ4n) is 1.96. The smallest absolute Gasteiger partial charge is 0.301 e. The summed E-state index contributed by atoms with van der Waals surface area (Å²) in [5, 5.41) is 0. The Kier molecular flexibility index (Phi) is 4.53. The molecule has 2 aromatic heterocycles. The van der Waals surface area contributed by atoms with Crippen LogP contribution in [-0.2, 0) is 13.1 Å². The van der Waals surface area contributed by atoms with E-state index in [-0.39, 0.29) is 5.76 Å². The SMILES string of the molecule is Cc1cc(CN(C)Cc2scnc2C)oc1C(=O)NN. The number of hydrazine groups is 1. The van der Waals surface area contributed by atoms with Gasteiger partial charge >= 0.3 is 5.91 Å². The molecule has 6 nitrogen and oxygen atoms in total. The van der Waals surface area contributed by atoms with Gasteiger partial charge in [-0.2, -0.15) is 0 Å². The van der Waals surface area contributed by atoms with E-state index in [0.717, 1.165) is 23.6 Å². The van der Waals surface area contributed by atoms with E-state index in [0.29, 0.717) is 6.54 Å². The second-order valence-corrected chi connectivity index (χ2v) is 5.67. The van der Waals surface area contributed by atoms with Crippen LogP contribution in [0.2, 0.25) is 0 Å². The maximum Gasteiger partial charge on any atom is 0.301 e. The molecule has 0 atom stereocenters. The first kappa shape index (κ1) is 14.7. The monoisotopic (exact) mass is 294 g/mol. The molecule has 2 aromatic rings. The van der Waals surface area contributed by atoms with Crippen LogP contribution in [0, 0.1) is 13.8 Å². The number of hydrogen-bond donors (Lipinski definition) is 2. The summed E-state index contributed by atoms with van der Waals surface area (Å²) in [5.41, 5.74) is 5.77. The molecule has 0 unspecified atom stereocenters. The van der Waals surface area contributed by atoms with E-state index >= 15 is 0 Å². The van der Waals surface area contributed by atoms with Crippen molar-refractivity contribution >= 4 is 17.2 Å². The number of carbonyl (C=O) groups is 1. The summed E-state index contributed by atoms with van der Waals surface area (Å²) >= 11 is 1.64. The molecule has 108 valence electrons. The number of nitrogen functional groups attached to an aromatic ring is 1. The fraction of sp³-hybridized carbons (Fsp3) is 0.385. The molecular weight excluding hydrogens is 276 g/mol. The summed E-state index contributed by atoms with van der Waals surface area (Å²) in [6.07, 6.45) is 0. The lowest BCUT2D eigenvalue weighted by Gasteiger charge is -2.14. The van der Waals surface area contributed by atoms with Gasteiger partial charge in [-0.15, -0.1) is 11.3 Å². The van der Waals surface area contributed by atoms with Crippen LogP contribution in [0.1, 0.15) is 32.4 Å². The lowest BCUT2D eigenvalue weighted by atomic mass is 10.2. The minimum absolute atomic E-state index is 0.268. The number of carbonyl (C=O) groups excluding carboxylic acids is 1. The van der Waals surface area contributed by atoms with Gasteiger partial charge in [-0.05, 0) is 27.0 Å². The lowest BCUT2D eigenvalue weighted by molar-refractivity contribution is 0.0921. The predicted molar refractivity (Wildman–Crippen MR) is 77.1 cm³/mol. The third-order valence-electron chi connectivity index (χ3n) is 2.99. The summed E-state index contributed by atoms with van der Waals surface area (Å²) in [4.78, 5) is 19.1. The molecule has 0 saturated carbocycles. The van der Waals surface area contributed by atoms with Crippen LogP contribution in [0.25, 0.3) is 0 Å². The largest absolute Gasteiger partial charge is 0.454 e. The first-order chi connectivity index (χ1) is 9.51. The van der Waals surface area contributed by atoms with Crippen LogP contribution < -0.4 is 11.3 Å². The number of aryl methyl sites for hydroxylation is 2. The molecule has 0 fully saturated rings. The molecule has 0 aliphatic heterocycles. The molecule has 0 spiro atoms. The minimum atomic E-state index is -0.408. The number of aromatic nitrogens is 1. The van der Waals surface area contributed by atoms with Gasteiger partial charge in [-0.1, -0.05) is 0 Å². The fourth-order valence-corrected chi connectivity index (χ4v) is 2.82. The van der Waals surface area contributed by atoms with Crippen molar-refractivity contribution in [3.8, 4) is 0 Å². The average Bonchev–Trinajstić information content (AvgIpc) is 2.95. The van der Waals surface area contributed by atoms with Gasteiger partial charge in [0.2, 0.25) is 0 Å². The average molecular weight is 294 g/mol. The molecule has 3 N–H and O–H groups in total.